The van der Waals surface area contributed by atoms with Crippen LogP contribution in [0.2, 0.25) is 34.8 Å². The standard InChI is InChI=1S/C32H57NO4Si2/c1-22(2)39(23(3)4,24(5)6)20-19-26(8)36-30(35)32(25(7)21-28(34)33-32)29(27-17-15-14-16-18-27)37-38(12,13)31(9,10)11/h21-24,26-27,29H,14-18H2,1-13H3,(H,33,34)/t26-,29-,32-/m0/s1. The maximum Gasteiger partial charge on any atom is 0.340 e. The largest absolute Gasteiger partial charge is 0.447 e. The van der Waals surface area contributed by atoms with Crippen molar-refractivity contribution in [1.29, 1.82) is 0 Å². The molecule has 1 aliphatic heterocycles. The normalized spacial score (nSPS) is 22.9. The molecule has 39 heavy (non-hydrogen) atoms. The minimum Gasteiger partial charge on any atom is -0.447 e. The third kappa shape index (κ3) is 6.93. The van der Waals surface area contributed by atoms with E-state index in [2.05, 4.69) is 92.2 Å². The number of esters is 1. The van der Waals surface area contributed by atoms with E-state index in [-0.39, 0.29) is 16.9 Å². The summed E-state index contributed by atoms with van der Waals surface area (Å²) in [4.78, 5) is 27.1. The van der Waals surface area contributed by atoms with Gasteiger partial charge in [0.05, 0.1) is 6.10 Å². The zero-order chi connectivity index (χ0) is 30.0. The molecule has 1 aliphatic carbocycles. The first-order chi connectivity index (χ1) is 17.8. The highest BCUT2D eigenvalue weighted by atomic mass is 28.4. The average Bonchev–Trinajstić information content (AvgIpc) is 3.11. The molecule has 7 heteroatoms. The number of nitrogens with one attached hydrogen (secondary N) is 1. The van der Waals surface area contributed by atoms with Crippen molar-refractivity contribution in [1.82, 2.24) is 5.32 Å². The summed E-state index contributed by atoms with van der Waals surface area (Å²) in [5, 5.41) is 3.03. The highest BCUT2D eigenvalue weighted by molar-refractivity contribution is 6.90. The molecule has 3 atom stereocenters. The van der Waals surface area contributed by atoms with E-state index in [1.54, 1.807) is 6.08 Å². The Morgan fingerprint density at radius 1 is 1.00 bits per heavy atom. The number of carbonyl (C=O) groups is 2. The predicted molar refractivity (Wildman–Crippen MR) is 168 cm³/mol. The zero-order valence-corrected chi connectivity index (χ0v) is 29.2. The van der Waals surface area contributed by atoms with Gasteiger partial charge < -0.3 is 14.5 Å². The molecule has 1 N–H and O–H groups in total. The van der Waals surface area contributed by atoms with Crippen molar-refractivity contribution < 1.29 is 18.8 Å². The molecule has 222 valence electrons. The van der Waals surface area contributed by atoms with E-state index in [1.165, 1.54) is 6.42 Å². The Bertz CT molecular complexity index is 955. The first-order valence-electron chi connectivity index (χ1n) is 15.2. The van der Waals surface area contributed by atoms with Crippen molar-refractivity contribution in [3.8, 4) is 11.5 Å². The minimum atomic E-state index is -2.29. The van der Waals surface area contributed by atoms with Crippen molar-refractivity contribution in [2.75, 3.05) is 0 Å². The fourth-order valence-corrected chi connectivity index (χ4v) is 13.4. The van der Waals surface area contributed by atoms with Gasteiger partial charge in [-0.05, 0) is 72.9 Å². The fourth-order valence-electron chi connectivity index (χ4n) is 6.68. The molecule has 0 unspecified atom stereocenters. The van der Waals surface area contributed by atoms with Crippen molar-refractivity contribution >= 4 is 28.3 Å². The van der Waals surface area contributed by atoms with E-state index < -0.39 is 40.1 Å². The average molecular weight is 576 g/mol. The summed E-state index contributed by atoms with van der Waals surface area (Å²) < 4.78 is 13.3. The van der Waals surface area contributed by atoms with E-state index >= 15 is 0 Å². The number of ether oxygens (including phenoxy) is 1. The van der Waals surface area contributed by atoms with Gasteiger partial charge >= 0.3 is 5.97 Å². The molecule has 0 aromatic carbocycles. The molecule has 0 radical (unpaired) electrons. The third-order valence-electron chi connectivity index (χ3n) is 9.99. The SMILES string of the molecule is CC1=CC(=O)N[C@]1(C(=O)O[C@@H](C)C#C[Si](C(C)C)(C(C)C)C(C)C)[C@@H](O[Si](C)(C)C(C)(C)C)C1CCCCC1. The van der Waals surface area contributed by atoms with Gasteiger partial charge in [-0.2, -0.15) is 0 Å². The maximum absolute atomic E-state index is 14.3. The first-order valence-corrected chi connectivity index (χ1v) is 20.4. The smallest absolute Gasteiger partial charge is 0.340 e. The van der Waals surface area contributed by atoms with E-state index in [1.807, 2.05) is 13.8 Å². The lowest BCUT2D eigenvalue weighted by Gasteiger charge is -2.48. The molecule has 1 amide bonds. The minimum absolute atomic E-state index is 0.0392. The monoisotopic (exact) mass is 575 g/mol. The first kappa shape index (κ1) is 33.8. The van der Waals surface area contributed by atoms with Crippen molar-refractivity contribution in [3.63, 3.8) is 0 Å². The summed E-state index contributed by atoms with van der Waals surface area (Å²) in [6.07, 6.45) is 5.89. The van der Waals surface area contributed by atoms with Crippen LogP contribution < -0.4 is 5.32 Å². The Balaban J connectivity index is 2.54. The number of hydrogen-bond donors (Lipinski definition) is 1. The van der Waals surface area contributed by atoms with Crippen LogP contribution in [0.15, 0.2) is 11.6 Å². The molecule has 2 rings (SSSR count). The van der Waals surface area contributed by atoms with Crippen LogP contribution in [0.4, 0.5) is 0 Å². The van der Waals surface area contributed by atoms with Gasteiger partial charge in [0.2, 0.25) is 5.91 Å². The van der Waals surface area contributed by atoms with Gasteiger partial charge in [0.1, 0.15) is 8.07 Å². The molecule has 5 nitrogen and oxygen atoms in total. The molecule has 0 saturated heterocycles. The summed E-state index contributed by atoms with van der Waals surface area (Å²) in [7, 11) is -4.26. The van der Waals surface area contributed by atoms with E-state index in [0.717, 1.165) is 25.7 Å². The molecule has 0 bridgehead atoms. The zero-order valence-electron chi connectivity index (χ0n) is 27.2. The fraction of sp³-hybridized carbons (Fsp3) is 0.812. The van der Waals surface area contributed by atoms with Gasteiger partial charge in [-0.1, -0.05) is 87.5 Å². The molecule has 0 spiro atoms. The topological polar surface area (TPSA) is 64.6 Å². The van der Waals surface area contributed by atoms with E-state index in [4.69, 9.17) is 9.16 Å². The number of amides is 1. The van der Waals surface area contributed by atoms with Crippen LogP contribution in [-0.4, -0.2) is 46.0 Å². The van der Waals surface area contributed by atoms with Crippen LogP contribution in [0.25, 0.3) is 0 Å². The molecule has 0 aromatic rings. The molecular weight excluding hydrogens is 519 g/mol. The van der Waals surface area contributed by atoms with E-state index in [0.29, 0.717) is 22.2 Å². The lowest BCUT2D eigenvalue weighted by Crippen LogP contribution is -2.66. The second-order valence-corrected chi connectivity index (χ2v) is 24.9. The van der Waals surface area contributed by atoms with E-state index in [9.17, 15) is 9.59 Å². The molecular formula is C32H57NO4Si2. The third-order valence-corrected chi connectivity index (χ3v) is 20.8. The lowest BCUT2D eigenvalue weighted by molar-refractivity contribution is -0.159. The van der Waals surface area contributed by atoms with Crippen molar-refractivity contribution in [2.24, 2.45) is 5.92 Å². The molecule has 2 aliphatic rings. The summed E-state index contributed by atoms with van der Waals surface area (Å²) in [6, 6.07) is 0. The summed E-state index contributed by atoms with van der Waals surface area (Å²) in [5.74, 6) is 2.84. The predicted octanol–water partition coefficient (Wildman–Crippen LogP) is 7.93. The van der Waals surface area contributed by atoms with Gasteiger partial charge in [0, 0.05) is 6.08 Å². The van der Waals surface area contributed by atoms with Crippen LogP contribution in [0.1, 0.15) is 108 Å². The summed E-state index contributed by atoms with van der Waals surface area (Å²) >= 11 is 0. The summed E-state index contributed by atoms with van der Waals surface area (Å²) in [5.41, 5.74) is 4.53. The molecule has 1 fully saturated rings. The van der Waals surface area contributed by atoms with Gasteiger partial charge in [-0.25, -0.2) is 4.79 Å². The second-order valence-electron chi connectivity index (χ2n) is 14.5. The maximum atomic E-state index is 14.3. The van der Waals surface area contributed by atoms with Crippen LogP contribution in [0.3, 0.4) is 0 Å². The van der Waals surface area contributed by atoms with Crippen LogP contribution >= 0.6 is 0 Å². The van der Waals surface area contributed by atoms with Crippen molar-refractivity contribution in [3.05, 3.63) is 11.6 Å². The lowest BCUT2D eigenvalue weighted by atomic mass is 9.74. The number of carbonyl (C=O) groups excluding carboxylic acids is 2. The quantitative estimate of drug-likeness (QED) is 0.172. The summed E-state index contributed by atoms with van der Waals surface area (Å²) in [6.45, 7) is 28.5. The second kappa shape index (κ2) is 12.7. The Morgan fingerprint density at radius 2 is 1.51 bits per heavy atom. The van der Waals surface area contributed by atoms with Crippen LogP contribution in [-0.2, 0) is 18.8 Å². The Morgan fingerprint density at radius 3 is 1.92 bits per heavy atom. The van der Waals surface area contributed by atoms with Crippen LogP contribution in [0, 0.1) is 17.4 Å². The Hall–Kier alpha value is -1.37. The van der Waals surface area contributed by atoms with Gasteiger partial charge in [0.25, 0.3) is 0 Å². The van der Waals surface area contributed by atoms with Crippen molar-refractivity contribution in [2.45, 2.75) is 161 Å². The Kier molecular flexibility index (Phi) is 11.0. The van der Waals surface area contributed by atoms with Gasteiger partial charge in [0.15, 0.2) is 20.0 Å². The highest BCUT2D eigenvalue weighted by Crippen LogP contribution is 2.45. The van der Waals surface area contributed by atoms with Crippen LogP contribution in [0.5, 0.6) is 0 Å². The Labute approximate surface area is 241 Å². The molecule has 0 aromatic heterocycles. The highest BCUT2D eigenvalue weighted by Gasteiger charge is 2.58. The molecule has 1 saturated carbocycles. The van der Waals surface area contributed by atoms with Gasteiger partial charge in [-0.3, -0.25) is 4.79 Å². The number of rotatable bonds is 9. The molecule has 1 heterocycles. The van der Waals surface area contributed by atoms with Gasteiger partial charge in [-0.15, -0.1) is 5.54 Å². The number of hydrogen-bond acceptors (Lipinski definition) is 4.